The smallest absolute Gasteiger partial charge is 0.302 e. The number of benzene rings is 1. The predicted octanol–water partition coefficient (Wildman–Crippen LogP) is 0.852. The van der Waals surface area contributed by atoms with E-state index in [4.69, 9.17) is 5.14 Å². The number of sulfonamides is 1. The highest BCUT2D eigenvalue weighted by Gasteiger charge is 2.54. The average molecular weight is 430 g/mol. The van der Waals surface area contributed by atoms with E-state index in [9.17, 15) is 18.0 Å². The Morgan fingerprint density at radius 3 is 2.47 bits per heavy atom. The molecule has 2 N–H and O–H groups in total. The summed E-state index contributed by atoms with van der Waals surface area (Å²) in [6.45, 7) is 3.89. The first-order valence-corrected chi connectivity index (χ1v) is 10.9. The monoisotopic (exact) mass is 430 g/mol. The third kappa shape index (κ3) is 2.97. The van der Waals surface area contributed by atoms with Gasteiger partial charge in [-0.05, 0) is 38.1 Å². The largest absolute Gasteiger partial charge is 0.328 e. The molecule has 2 atom stereocenters. The molecule has 0 spiro atoms. The molecule has 2 unspecified atom stereocenters. The molecule has 158 valence electrons. The minimum Gasteiger partial charge on any atom is -0.302 e. The first-order valence-electron chi connectivity index (χ1n) is 9.32. The van der Waals surface area contributed by atoms with Gasteiger partial charge in [0.25, 0.3) is 5.91 Å². The number of guanidine groups is 1. The first kappa shape index (κ1) is 20.1. The second kappa shape index (κ2) is 6.96. The highest BCUT2D eigenvalue weighted by molar-refractivity contribution is 7.89. The number of anilines is 1. The van der Waals surface area contributed by atoms with Crippen LogP contribution in [0.2, 0.25) is 0 Å². The van der Waals surface area contributed by atoms with Gasteiger partial charge in [0.1, 0.15) is 0 Å². The fourth-order valence-corrected chi connectivity index (χ4v) is 4.35. The first-order chi connectivity index (χ1) is 14.1. The minimum absolute atomic E-state index is 0.00564. The van der Waals surface area contributed by atoms with Crippen molar-refractivity contribution in [1.82, 2.24) is 14.7 Å². The topological polar surface area (TPSA) is 120 Å². The van der Waals surface area contributed by atoms with Gasteiger partial charge in [-0.15, -0.1) is 0 Å². The van der Waals surface area contributed by atoms with Crippen molar-refractivity contribution in [1.29, 1.82) is 0 Å². The summed E-state index contributed by atoms with van der Waals surface area (Å²) in [5, 5.41) is 5.17. The Hall–Kier alpha value is -3.18. The normalized spacial score (nSPS) is 23.9. The van der Waals surface area contributed by atoms with Gasteiger partial charge in [-0.1, -0.05) is 12.2 Å². The lowest BCUT2D eigenvalue weighted by atomic mass is 10.1. The van der Waals surface area contributed by atoms with E-state index in [2.05, 4.69) is 4.99 Å². The number of hydrogen-bond donors (Lipinski definition) is 1. The van der Waals surface area contributed by atoms with Crippen molar-refractivity contribution in [3.05, 3.63) is 48.3 Å². The SMILES string of the molecule is C/C=C/CN1C(=O)C2C(N=C3N(c4ccc(S(N)(=O)=O)cc4)C(C)=CN32)N(C)C1=O. The Labute approximate surface area is 174 Å². The fraction of sp³-hybridized carbons (Fsp3) is 0.316. The van der Waals surface area contributed by atoms with Crippen LogP contribution in [0.1, 0.15) is 13.8 Å². The molecular formula is C19H22N6O4S. The van der Waals surface area contributed by atoms with Gasteiger partial charge in [-0.3, -0.25) is 14.6 Å². The zero-order valence-corrected chi connectivity index (χ0v) is 17.6. The number of hydrogen-bond acceptors (Lipinski definition) is 7. The Kier molecular flexibility index (Phi) is 4.66. The number of imide groups is 1. The third-order valence-corrected chi connectivity index (χ3v) is 6.26. The zero-order valence-electron chi connectivity index (χ0n) is 16.8. The van der Waals surface area contributed by atoms with Gasteiger partial charge in [-0.2, -0.15) is 0 Å². The van der Waals surface area contributed by atoms with E-state index in [1.165, 1.54) is 21.9 Å². The molecule has 0 saturated carbocycles. The van der Waals surface area contributed by atoms with Gasteiger partial charge in [0, 0.05) is 31.2 Å². The number of rotatable bonds is 4. The molecule has 3 amide bonds. The highest BCUT2D eigenvalue weighted by atomic mass is 32.2. The standard InChI is InChI=1S/C19H22N6O4S/c1-4-5-10-23-17(26)15-16(22(3)19(23)27)21-18-24(15)11-12(2)25(18)13-6-8-14(9-7-13)30(20,28)29/h4-9,11,15-16H,10H2,1-3H3,(H2,20,28,29)/b5-4+. The van der Waals surface area contributed by atoms with Crippen molar-refractivity contribution in [3.8, 4) is 0 Å². The summed E-state index contributed by atoms with van der Waals surface area (Å²) in [5.41, 5.74) is 1.48. The lowest BCUT2D eigenvalue weighted by Gasteiger charge is -2.39. The van der Waals surface area contributed by atoms with Crippen LogP contribution in [0.5, 0.6) is 0 Å². The van der Waals surface area contributed by atoms with Gasteiger partial charge in [0.15, 0.2) is 12.2 Å². The molecule has 3 aliphatic rings. The molecule has 1 fully saturated rings. The maximum Gasteiger partial charge on any atom is 0.328 e. The lowest BCUT2D eigenvalue weighted by molar-refractivity contribution is -0.136. The molecule has 1 saturated heterocycles. The number of fused-ring (bicyclic) bond motifs is 3. The van der Waals surface area contributed by atoms with Crippen molar-refractivity contribution in [2.45, 2.75) is 31.0 Å². The number of allylic oxidation sites excluding steroid dienone is 2. The Balaban J connectivity index is 1.69. The molecule has 3 aliphatic heterocycles. The summed E-state index contributed by atoms with van der Waals surface area (Å²) in [6.07, 6.45) is 4.71. The van der Waals surface area contributed by atoms with E-state index in [-0.39, 0.29) is 17.3 Å². The second-order valence-electron chi connectivity index (χ2n) is 7.25. The predicted molar refractivity (Wildman–Crippen MR) is 111 cm³/mol. The van der Waals surface area contributed by atoms with Crippen LogP contribution >= 0.6 is 0 Å². The van der Waals surface area contributed by atoms with Crippen LogP contribution in [-0.2, 0) is 14.8 Å². The van der Waals surface area contributed by atoms with Crippen molar-refractivity contribution in [3.63, 3.8) is 0 Å². The van der Waals surface area contributed by atoms with E-state index >= 15 is 0 Å². The summed E-state index contributed by atoms with van der Waals surface area (Å²) in [6, 6.07) is 5.04. The second-order valence-corrected chi connectivity index (χ2v) is 8.81. The molecule has 30 heavy (non-hydrogen) atoms. The van der Waals surface area contributed by atoms with Gasteiger partial charge < -0.3 is 9.80 Å². The molecule has 4 rings (SSSR count). The van der Waals surface area contributed by atoms with Crippen LogP contribution in [-0.4, -0.2) is 66.8 Å². The summed E-state index contributed by atoms with van der Waals surface area (Å²) in [5.74, 6) is 0.196. The number of aliphatic imine (C=N–C) groups is 1. The van der Waals surface area contributed by atoms with Crippen LogP contribution in [0.3, 0.4) is 0 Å². The van der Waals surface area contributed by atoms with Crippen molar-refractivity contribution in [2.75, 3.05) is 18.5 Å². The summed E-state index contributed by atoms with van der Waals surface area (Å²) in [7, 11) is -2.17. The molecular weight excluding hydrogens is 408 g/mol. The number of nitrogens with zero attached hydrogens (tertiary/aromatic N) is 5. The van der Waals surface area contributed by atoms with Crippen LogP contribution in [0.15, 0.2) is 58.2 Å². The van der Waals surface area contributed by atoms with Crippen molar-refractivity contribution < 1.29 is 18.0 Å². The molecule has 1 aromatic carbocycles. The maximum absolute atomic E-state index is 13.1. The van der Waals surface area contributed by atoms with Gasteiger partial charge in [0.05, 0.1) is 4.90 Å². The van der Waals surface area contributed by atoms with Crippen LogP contribution in [0.25, 0.3) is 0 Å². The number of primary sulfonamides is 1. The number of amides is 3. The van der Waals surface area contributed by atoms with E-state index in [1.807, 2.05) is 24.9 Å². The number of nitrogens with two attached hydrogens (primary N) is 1. The lowest BCUT2D eigenvalue weighted by Crippen LogP contribution is -2.64. The molecule has 1 aromatic rings. The number of likely N-dealkylation sites (N-methyl/N-ethyl adjacent to an activating group) is 1. The number of carbonyl (C=O) groups is 2. The fourth-order valence-electron chi connectivity index (χ4n) is 3.84. The van der Waals surface area contributed by atoms with Gasteiger partial charge >= 0.3 is 6.03 Å². The van der Waals surface area contributed by atoms with Gasteiger partial charge in [-0.25, -0.2) is 23.3 Å². The van der Waals surface area contributed by atoms with E-state index in [0.717, 1.165) is 5.70 Å². The highest BCUT2D eigenvalue weighted by Crippen LogP contribution is 2.36. The Bertz CT molecular complexity index is 1110. The van der Waals surface area contributed by atoms with Crippen LogP contribution in [0.4, 0.5) is 10.5 Å². The van der Waals surface area contributed by atoms with E-state index < -0.39 is 28.3 Å². The summed E-state index contributed by atoms with van der Waals surface area (Å²) < 4.78 is 23.1. The molecule has 0 bridgehead atoms. The average Bonchev–Trinajstić information content (AvgIpc) is 3.20. The minimum atomic E-state index is -3.80. The zero-order chi connectivity index (χ0) is 21.8. The third-order valence-electron chi connectivity index (χ3n) is 5.34. The number of carbonyl (C=O) groups excluding carboxylic acids is 2. The molecule has 0 aromatic heterocycles. The molecule has 0 radical (unpaired) electrons. The Morgan fingerprint density at radius 2 is 1.87 bits per heavy atom. The Morgan fingerprint density at radius 1 is 1.20 bits per heavy atom. The maximum atomic E-state index is 13.1. The summed E-state index contributed by atoms with van der Waals surface area (Å²) >= 11 is 0. The van der Waals surface area contributed by atoms with E-state index in [0.29, 0.717) is 11.6 Å². The molecule has 11 heteroatoms. The quantitative estimate of drug-likeness (QED) is 0.708. The van der Waals surface area contributed by atoms with Crippen LogP contribution < -0.4 is 10.0 Å². The van der Waals surface area contributed by atoms with Crippen LogP contribution in [0, 0.1) is 0 Å². The van der Waals surface area contributed by atoms with Crippen molar-refractivity contribution in [2.24, 2.45) is 10.1 Å². The van der Waals surface area contributed by atoms with Crippen molar-refractivity contribution >= 4 is 33.6 Å². The molecule has 10 nitrogen and oxygen atoms in total. The molecule has 0 aliphatic carbocycles. The van der Waals surface area contributed by atoms with Gasteiger partial charge in [0.2, 0.25) is 16.0 Å². The summed E-state index contributed by atoms with van der Waals surface area (Å²) in [4.78, 5) is 36.7. The number of urea groups is 1. The molecule has 3 heterocycles. The van der Waals surface area contributed by atoms with E-state index in [1.54, 1.807) is 36.2 Å².